The molecule has 0 saturated carbocycles. The van der Waals surface area contributed by atoms with E-state index >= 15 is 0 Å². The number of carbonyl (C=O) groups is 2. The lowest BCUT2D eigenvalue weighted by atomic mass is 9.97. The summed E-state index contributed by atoms with van der Waals surface area (Å²) in [5.74, 6) is -0.563. The van der Waals surface area contributed by atoms with E-state index in [9.17, 15) is 9.59 Å². The van der Waals surface area contributed by atoms with Crippen LogP contribution in [0.1, 0.15) is 85.5 Å². The second-order valence-electron chi connectivity index (χ2n) is 8.80. The van der Waals surface area contributed by atoms with E-state index < -0.39 is 5.97 Å². The monoisotopic (exact) mass is 463 g/mol. The van der Waals surface area contributed by atoms with E-state index in [4.69, 9.17) is 9.84 Å². The molecule has 1 amide bonds. The summed E-state index contributed by atoms with van der Waals surface area (Å²) in [7, 11) is 0. The third kappa shape index (κ3) is 5.18. The van der Waals surface area contributed by atoms with Crippen LogP contribution >= 0.6 is 11.3 Å². The molecule has 33 heavy (non-hydrogen) atoms. The summed E-state index contributed by atoms with van der Waals surface area (Å²) >= 11 is 1.67. The van der Waals surface area contributed by atoms with Crippen molar-refractivity contribution >= 4 is 23.2 Å². The SMILES string of the molecule is CC(C)c1ccc(Cc2sc3c(c2C(=O)N[C@@H](C)c2ccc(C(=O)O)cc2)CCOC3)cc1. The van der Waals surface area contributed by atoms with Crippen molar-refractivity contribution in [2.45, 2.75) is 52.2 Å². The van der Waals surface area contributed by atoms with Gasteiger partial charge in [0, 0.05) is 16.2 Å². The third-order valence-corrected chi connectivity index (χ3v) is 7.34. The van der Waals surface area contributed by atoms with Crippen LogP contribution in [0.4, 0.5) is 0 Å². The molecule has 1 aliphatic heterocycles. The second-order valence-corrected chi connectivity index (χ2v) is 9.99. The Hall–Kier alpha value is -2.96. The maximum absolute atomic E-state index is 13.5. The van der Waals surface area contributed by atoms with Gasteiger partial charge < -0.3 is 15.2 Å². The van der Waals surface area contributed by atoms with Crippen molar-refractivity contribution in [1.82, 2.24) is 5.32 Å². The molecule has 1 aromatic heterocycles. The minimum absolute atomic E-state index is 0.0852. The van der Waals surface area contributed by atoms with E-state index in [2.05, 4.69) is 43.4 Å². The van der Waals surface area contributed by atoms with Gasteiger partial charge in [0.05, 0.1) is 30.4 Å². The minimum Gasteiger partial charge on any atom is -0.478 e. The van der Waals surface area contributed by atoms with Crippen molar-refractivity contribution in [3.63, 3.8) is 0 Å². The van der Waals surface area contributed by atoms with Crippen LogP contribution < -0.4 is 5.32 Å². The summed E-state index contributed by atoms with van der Waals surface area (Å²) in [5.41, 5.74) is 5.47. The predicted molar refractivity (Wildman–Crippen MR) is 130 cm³/mol. The molecule has 3 aromatic rings. The van der Waals surface area contributed by atoms with E-state index in [0.717, 1.165) is 32.9 Å². The molecule has 2 heterocycles. The summed E-state index contributed by atoms with van der Waals surface area (Å²) in [6.07, 6.45) is 1.45. The van der Waals surface area contributed by atoms with Crippen molar-refractivity contribution in [2.24, 2.45) is 0 Å². The van der Waals surface area contributed by atoms with Crippen LogP contribution in [0, 0.1) is 0 Å². The Morgan fingerprint density at radius 2 is 1.70 bits per heavy atom. The Morgan fingerprint density at radius 1 is 1.03 bits per heavy atom. The highest BCUT2D eigenvalue weighted by Gasteiger charge is 2.26. The lowest BCUT2D eigenvalue weighted by Crippen LogP contribution is -2.28. The van der Waals surface area contributed by atoms with Crippen molar-refractivity contribution < 1.29 is 19.4 Å². The summed E-state index contributed by atoms with van der Waals surface area (Å²) in [4.78, 5) is 26.8. The van der Waals surface area contributed by atoms with Gasteiger partial charge in [0.15, 0.2) is 0 Å². The third-order valence-electron chi connectivity index (χ3n) is 6.14. The van der Waals surface area contributed by atoms with Crippen molar-refractivity contribution in [3.05, 3.63) is 91.7 Å². The van der Waals surface area contributed by atoms with E-state index in [1.807, 2.05) is 6.92 Å². The first kappa shape index (κ1) is 23.2. The molecule has 0 unspecified atom stereocenters. The summed E-state index contributed by atoms with van der Waals surface area (Å²) < 4.78 is 5.65. The number of ether oxygens (including phenoxy) is 1. The first-order chi connectivity index (χ1) is 15.8. The number of fused-ring (bicyclic) bond motifs is 1. The van der Waals surface area contributed by atoms with E-state index in [-0.39, 0.29) is 17.5 Å². The number of hydrogen-bond acceptors (Lipinski definition) is 4. The number of carbonyl (C=O) groups excluding carboxylic acids is 1. The number of rotatable bonds is 7. The molecular formula is C27H29NO4S. The van der Waals surface area contributed by atoms with Crippen molar-refractivity contribution in [3.8, 4) is 0 Å². The number of carboxylic acids is 1. The van der Waals surface area contributed by atoms with Gasteiger partial charge in [-0.3, -0.25) is 4.79 Å². The number of aromatic carboxylic acids is 1. The number of hydrogen-bond donors (Lipinski definition) is 2. The van der Waals surface area contributed by atoms with Crippen molar-refractivity contribution in [1.29, 1.82) is 0 Å². The number of carboxylic acid groups (broad SMARTS) is 1. The first-order valence-corrected chi connectivity index (χ1v) is 12.1. The van der Waals surface area contributed by atoms with Gasteiger partial charge in [-0.2, -0.15) is 0 Å². The number of nitrogens with one attached hydrogen (secondary N) is 1. The highest BCUT2D eigenvalue weighted by atomic mass is 32.1. The molecule has 0 fully saturated rings. The molecule has 0 saturated heterocycles. The van der Waals surface area contributed by atoms with Crippen LogP contribution in [0.2, 0.25) is 0 Å². The summed E-state index contributed by atoms with van der Waals surface area (Å²) in [6, 6.07) is 15.0. The second kappa shape index (κ2) is 9.89. The van der Waals surface area contributed by atoms with Gasteiger partial charge >= 0.3 is 5.97 Å². The highest BCUT2D eigenvalue weighted by molar-refractivity contribution is 7.12. The zero-order valence-corrected chi connectivity index (χ0v) is 20.0. The average Bonchev–Trinajstić information content (AvgIpc) is 3.17. The van der Waals surface area contributed by atoms with E-state index in [1.54, 1.807) is 35.6 Å². The molecular weight excluding hydrogens is 434 g/mol. The number of benzene rings is 2. The summed E-state index contributed by atoms with van der Waals surface area (Å²) in [6.45, 7) is 7.46. The largest absolute Gasteiger partial charge is 0.478 e. The van der Waals surface area contributed by atoms with Gasteiger partial charge in [0.1, 0.15) is 0 Å². The van der Waals surface area contributed by atoms with Gasteiger partial charge in [-0.1, -0.05) is 50.2 Å². The number of thiophene rings is 1. The zero-order valence-electron chi connectivity index (χ0n) is 19.2. The molecule has 0 radical (unpaired) electrons. The smallest absolute Gasteiger partial charge is 0.335 e. The minimum atomic E-state index is -0.962. The van der Waals surface area contributed by atoms with Gasteiger partial charge in [0.2, 0.25) is 0 Å². The Bertz CT molecular complexity index is 1150. The van der Waals surface area contributed by atoms with E-state index in [1.165, 1.54) is 11.1 Å². The van der Waals surface area contributed by atoms with Crippen LogP contribution in [0.15, 0.2) is 48.5 Å². The fraction of sp³-hybridized carbons (Fsp3) is 0.333. The Kier molecular flexibility index (Phi) is 6.96. The Labute approximate surface area is 198 Å². The molecule has 2 N–H and O–H groups in total. The van der Waals surface area contributed by atoms with Crippen molar-refractivity contribution in [2.75, 3.05) is 6.61 Å². The molecule has 1 atom stereocenters. The maximum Gasteiger partial charge on any atom is 0.335 e. The molecule has 0 spiro atoms. The van der Waals surface area contributed by atoms with Gasteiger partial charge in [-0.25, -0.2) is 4.79 Å². The van der Waals surface area contributed by atoms with Crippen LogP contribution in [0.25, 0.3) is 0 Å². The lowest BCUT2D eigenvalue weighted by Gasteiger charge is -2.18. The normalized spacial score (nSPS) is 14.1. The molecule has 1 aliphatic rings. The highest BCUT2D eigenvalue weighted by Crippen LogP contribution is 2.34. The van der Waals surface area contributed by atoms with Gasteiger partial charge in [-0.05, 0) is 53.6 Å². The van der Waals surface area contributed by atoms with Crippen LogP contribution in [0.3, 0.4) is 0 Å². The fourth-order valence-corrected chi connectivity index (χ4v) is 5.47. The van der Waals surface area contributed by atoms with Crippen LogP contribution in [0.5, 0.6) is 0 Å². The fourth-order valence-electron chi connectivity index (χ4n) is 4.15. The molecule has 6 heteroatoms. The van der Waals surface area contributed by atoms with Crippen LogP contribution in [-0.2, 0) is 24.2 Å². The van der Waals surface area contributed by atoms with E-state index in [0.29, 0.717) is 25.6 Å². The maximum atomic E-state index is 13.5. The zero-order chi connectivity index (χ0) is 23.5. The molecule has 5 nitrogen and oxygen atoms in total. The molecule has 4 rings (SSSR count). The molecule has 0 bridgehead atoms. The number of amides is 1. The molecule has 0 aliphatic carbocycles. The topological polar surface area (TPSA) is 75.6 Å². The molecule has 2 aromatic carbocycles. The van der Waals surface area contributed by atoms with Gasteiger partial charge in [-0.15, -0.1) is 11.3 Å². The quantitative estimate of drug-likeness (QED) is 0.470. The first-order valence-electron chi connectivity index (χ1n) is 11.3. The summed E-state index contributed by atoms with van der Waals surface area (Å²) in [5, 5.41) is 12.2. The Morgan fingerprint density at radius 3 is 2.33 bits per heavy atom. The van der Waals surface area contributed by atoms with Crippen LogP contribution in [-0.4, -0.2) is 23.6 Å². The Balaban J connectivity index is 1.58. The van der Waals surface area contributed by atoms with Gasteiger partial charge in [0.25, 0.3) is 5.91 Å². The average molecular weight is 464 g/mol. The predicted octanol–water partition coefficient (Wildman–Crippen LogP) is 5.72. The molecule has 172 valence electrons. The lowest BCUT2D eigenvalue weighted by molar-refractivity contribution is 0.0696. The standard InChI is InChI=1S/C27H29NO4S/c1-16(2)19-6-4-18(5-7-19)14-23-25(22-12-13-32-15-24(22)33-23)26(29)28-17(3)20-8-10-21(11-9-20)27(30)31/h4-11,16-17H,12-15H2,1-3H3,(H,28,29)(H,30,31)/t17-/m0/s1.